The van der Waals surface area contributed by atoms with Gasteiger partial charge in [-0.15, -0.1) is 0 Å². The fraction of sp³-hybridized carbons (Fsp3) is 1.00. The highest BCUT2D eigenvalue weighted by atomic mass is 32.2. The Morgan fingerprint density at radius 3 is 1.75 bits per heavy atom. The summed E-state index contributed by atoms with van der Waals surface area (Å²) in [5, 5.41) is 0. The zero-order chi connectivity index (χ0) is 6.78. The normalized spacial score (nSPS) is 11.0. The van der Waals surface area contributed by atoms with Gasteiger partial charge in [0.25, 0.3) is 7.75 Å². The van der Waals surface area contributed by atoms with E-state index in [0.29, 0.717) is 0 Å². The van der Waals surface area contributed by atoms with Crippen molar-refractivity contribution in [1.29, 1.82) is 0 Å². The zero-order valence-corrected chi connectivity index (χ0v) is 8.63. The third-order valence-electron chi connectivity index (χ3n) is 0.450. The molecule has 1 nitrogen and oxygen atoms in total. The summed E-state index contributed by atoms with van der Waals surface area (Å²) in [6.07, 6.45) is 0. The maximum atomic E-state index is 5.49. The molecule has 8 heavy (non-hydrogen) atoms. The van der Waals surface area contributed by atoms with Crippen LogP contribution in [-0.2, 0) is 4.12 Å². The van der Waals surface area contributed by atoms with E-state index in [1.807, 2.05) is 6.55 Å². The fourth-order valence-corrected chi connectivity index (χ4v) is 6.13. The van der Waals surface area contributed by atoms with Crippen LogP contribution in [0.5, 0.6) is 0 Å². The van der Waals surface area contributed by atoms with E-state index < -0.39 is 16.1 Å². The second kappa shape index (κ2) is 2.84. The van der Waals surface area contributed by atoms with Crippen LogP contribution in [0, 0.1) is 0 Å². The van der Waals surface area contributed by atoms with Crippen LogP contribution in [-0.4, -0.2) is 16.1 Å². The lowest BCUT2D eigenvalue weighted by Gasteiger charge is -2.17. The van der Waals surface area contributed by atoms with E-state index in [1.54, 1.807) is 0 Å². The Kier molecular flexibility index (Phi) is 3.00. The van der Waals surface area contributed by atoms with Crippen molar-refractivity contribution in [3.8, 4) is 0 Å². The molecule has 0 spiro atoms. The van der Waals surface area contributed by atoms with Gasteiger partial charge < -0.3 is 4.12 Å². The molecule has 0 bridgehead atoms. The predicted octanol–water partition coefficient (Wildman–Crippen LogP) is 2.15. The number of rotatable bonds is 2. The molecule has 0 saturated heterocycles. The number of hydrogen-bond donors (Lipinski definition) is 0. The summed E-state index contributed by atoms with van der Waals surface area (Å²) in [6.45, 7) is 8.48. The third-order valence-corrected chi connectivity index (χ3v) is 4.80. The molecule has 0 radical (unpaired) electrons. The molecule has 0 amide bonds. The predicted molar refractivity (Wildman–Crippen MR) is 43.6 cm³/mol. The molecule has 0 rings (SSSR count). The molecule has 0 N–H and O–H groups in total. The molecule has 48 valence electrons. The first-order valence-corrected chi connectivity index (χ1v) is 9.06. The Morgan fingerprint density at radius 2 is 1.75 bits per heavy atom. The summed E-state index contributed by atoms with van der Waals surface area (Å²) in [5.41, 5.74) is 0. The van der Waals surface area contributed by atoms with Crippen molar-refractivity contribution < 1.29 is 4.12 Å². The van der Waals surface area contributed by atoms with Crippen LogP contribution in [0.25, 0.3) is 0 Å². The minimum Gasteiger partial charge on any atom is -0.598 e. The third kappa shape index (κ3) is 6.45. The first-order chi connectivity index (χ1) is 3.42. The van der Waals surface area contributed by atoms with Gasteiger partial charge in [0.2, 0.25) is 8.32 Å². The minimum absolute atomic E-state index is 0.847. The molecule has 0 unspecified atom stereocenters. The van der Waals surface area contributed by atoms with E-state index in [4.69, 9.17) is 15.7 Å². The number of hydrogen-bond acceptors (Lipinski definition) is 2. The molecule has 0 fully saturated rings. The SMILES string of the molecule is C[Si](=S)O[Si](C)(C)C. The van der Waals surface area contributed by atoms with Gasteiger partial charge >= 0.3 is 0 Å². The average molecular weight is 164 g/mol. The van der Waals surface area contributed by atoms with Gasteiger partial charge in [0.05, 0.1) is 0 Å². The van der Waals surface area contributed by atoms with Crippen LogP contribution in [0.4, 0.5) is 0 Å². The minimum atomic E-state index is -1.28. The molecule has 0 saturated carbocycles. The Balaban J connectivity index is 3.55. The van der Waals surface area contributed by atoms with Crippen molar-refractivity contribution in [2.24, 2.45) is 0 Å². The maximum absolute atomic E-state index is 5.49. The maximum Gasteiger partial charge on any atom is 0.294 e. The van der Waals surface area contributed by atoms with Gasteiger partial charge in [0.15, 0.2) is 0 Å². The van der Waals surface area contributed by atoms with E-state index >= 15 is 0 Å². The largest absolute Gasteiger partial charge is 0.598 e. The van der Waals surface area contributed by atoms with Crippen molar-refractivity contribution in [3.05, 3.63) is 0 Å². The summed E-state index contributed by atoms with van der Waals surface area (Å²) < 4.78 is 5.49. The molecular weight excluding hydrogens is 152 g/mol. The lowest BCUT2D eigenvalue weighted by atomic mass is 11.8. The van der Waals surface area contributed by atoms with Crippen LogP contribution < -0.4 is 0 Å². The van der Waals surface area contributed by atoms with Gasteiger partial charge in [-0.25, -0.2) is 0 Å². The lowest BCUT2D eigenvalue weighted by Crippen LogP contribution is -2.27. The molecule has 0 atom stereocenters. The van der Waals surface area contributed by atoms with Crippen LogP contribution in [0.2, 0.25) is 26.2 Å². The Hall–Kier alpha value is 0.454. The first kappa shape index (κ1) is 8.45. The molecule has 0 aliphatic heterocycles. The first-order valence-electron chi connectivity index (χ1n) is 2.61. The average Bonchev–Trinajstić information content (AvgIpc) is 1.21. The van der Waals surface area contributed by atoms with Crippen LogP contribution in [0.3, 0.4) is 0 Å². The van der Waals surface area contributed by atoms with E-state index in [0.717, 1.165) is 0 Å². The van der Waals surface area contributed by atoms with Gasteiger partial charge in [0.1, 0.15) is 0 Å². The molecular formula is C4H12OSSi2. The smallest absolute Gasteiger partial charge is 0.294 e. The summed E-state index contributed by atoms with van der Waals surface area (Å²) >= 11 is 4.94. The summed E-state index contributed by atoms with van der Waals surface area (Å²) in [5.74, 6) is 0. The van der Waals surface area contributed by atoms with Gasteiger partial charge in [-0.1, -0.05) is 11.6 Å². The van der Waals surface area contributed by atoms with Crippen LogP contribution in [0.1, 0.15) is 0 Å². The van der Waals surface area contributed by atoms with E-state index in [-0.39, 0.29) is 0 Å². The van der Waals surface area contributed by atoms with E-state index in [2.05, 4.69) is 19.6 Å². The Labute approximate surface area is 58.5 Å². The molecule has 0 aromatic carbocycles. The van der Waals surface area contributed by atoms with Crippen LogP contribution in [0.15, 0.2) is 0 Å². The highest BCUT2D eigenvalue weighted by Gasteiger charge is 2.14. The van der Waals surface area contributed by atoms with Crippen molar-refractivity contribution in [2.75, 3.05) is 0 Å². The van der Waals surface area contributed by atoms with Gasteiger partial charge in [-0.05, 0) is 26.2 Å². The van der Waals surface area contributed by atoms with Gasteiger partial charge in [-0.3, -0.25) is 0 Å². The molecule has 0 aliphatic carbocycles. The highest BCUT2D eigenvalue weighted by molar-refractivity contribution is 7.87. The van der Waals surface area contributed by atoms with Crippen LogP contribution >= 0.6 is 11.6 Å². The van der Waals surface area contributed by atoms with Gasteiger partial charge in [-0.2, -0.15) is 0 Å². The van der Waals surface area contributed by atoms with E-state index in [1.165, 1.54) is 0 Å². The van der Waals surface area contributed by atoms with E-state index in [9.17, 15) is 0 Å². The molecule has 0 aliphatic rings. The van der Waals surface area contributed by atoms with Crippen molar-refractivity contribution in [3.63, 3.8) is 0 Å². The second-order valence-electron chi connectivity index (χ2n) is 2.71. The van der Waals surface area contributed by atoms with Crippen molar-refractivity contribution in [1.82, 2.24) is 0 Å². The topological polar surface area (TPSA) is 9.23 Å². The Morgan fingerprint density at radius 1 is 1.38 bits per heavy atom. The van der Waals surface area contributed by atoms with Crippen molar-refractivity contribution >= 4 is 27.7 Å². The molecule has 4 heteroatoms. The molecule has 0 aromatic heterocycles. The highest BCUT2D eigenvalue weighted by Crippen LogP contribution is 2.01. The quantitative estimate of drug-likeness (QED) is 0.578. The monoisotopic (exact) mass is 164 g/mol. The van der Waals surface area contributed by atoms with Crippen molar-refractivity contribution in [2.45, 2.75) is 26.2 Å². The summed E-state index contributed by atoms with van der Waals surface area (Å²) in [4.78, 5) is 0. The Bertz CT molecular complexity index is 96.7. The van der Waals surface area contributed by atoms with Gasteiger partial charge in [0, 0.05) is 0 Å². The summed E-state index contributed by atoms with van der Waals surface area (Å²) in [7, 11) is -2.13. The summed E-state index contributed by atoms with van der Waals surface area (Å²) in [6, 6.07) is 0. The second-order valence-corrected chi connectivity index (χ2v) is 10.5. The lowest BCUT2D eigenvalue weighted by molar-refractivity contribution is 0.600. The molecule has 0 aromatic rings. The fourth-order valence-electron chi connectivity index (χ4n) is 0.431. The molecule has 0 heterocycles. The zero-order valence-electron chi connectivity index (χ0n) is 5.82. The standard InChI is InChI=1S/C4H12OSSi2/c1-7(6)5-8(2,3)4/h1-4H3.